The Bertz CT molecular complexity index is 729. The van der Waals surface area contributed by atoms with Crippen LogP contribution >= 0.6 is 15.9 Å². The molecule has 1 heterocycles. The summed E-state index contributed by atoms with van der Waals surface area (Å²) in [6.45, 7) is 7.24. The summed E-state index contributed by atoms with van der Waals surface area (Å²) in [6, 6.07) is 6.85. The standard InChI is InChI=1S/C19H29BrN2O4S/c1-19(2,3)26-18(23)21-14-16-6-4-5-11-22(16)12-13-27(24,25)17-9-7-15(20)8-10-17/h7-10,16H,4-6,11-14H2,1-3H3,(H,21,23). The predicted octanol–water partition coefficient (Wildman–Crippen LogP) is 3.60. The number of hydrogen-bond donors (Lipinski definition) is 1. The molecule has 1 aromatic carbocycles. The predicted molar refractivity (Wildman–Crippen MR) is 110 cm³/mol. The van der Waals surface area contributed by atoms with Crippen molar-refractivity contribution in [2.24, 2.45) is 0 Å². The molecule has 1 atom stereocenters. The highest BCUT2D eigenvalue weighted by Crippen LogP contribution is 2.19. The van der Waals surface area contributed by atoms with E-state index in [0.717, 1.165) is 30.3 Å². The van der Waals surface area contributed by atoms with Crippen LogP contribution in [0.25, 0.3) is 0 Å². The van der Waals surface area contributed by atoms with Gasteiger partial charge in [-0.15, -0.1) is 0 Å². The first-order valence-electron chi connectivity index (χ1n) is 9.26. The van der Waals surface area contributed by atoms with Crippen LogP contribution in [-0.2, 0) is 14.6 Å². The highest BCUT2D eigenvalue weighted by Gasteiger charge is 2.26. The molecular formula is C19H29BrN2O4S. The lowest BCUT2D eigenvalue weighted by molar-refractivity contribution is 0.0497. The molecule has 0 bridgehead atoms. The number of sulfone groups is 1. The molecule has 2 rings (SSSR count). The number of likely N-dealkylation sites (tertiary alicyclic amines) is 1. The number of carbonyl (C=O) groups is 1. The van der Waals surface area contributed by atoms with Gasteiger partial charge in [-0.05, 0) is 64.4 Å². The fraction of sp³-hybridized carbons (Fsp3) is 0.632. The van der Waals surface area contributed by atoms with Crippen LogP contribution in [0, 0.1) is 0 Å². The van der Waals surface area contributed by atoms with E-state index in [0.29, 0.717) is 18.0 Å². The maximum atomic E-state index is 12.6. The molecule has 0 radical (unpaired) electrons. The molecule has 1 N–H and O–H groups in total. The van der Waals surface area contributed by atoms with E-state index in [-0.39, 0.29) is 11.8 Å². The van der Waals surface area contributed by atoms with E-state index >= 15 is 0 Å². The second-order valence-electron chi connectivity index (χ2n) is 7.84. The van der Waals surface area contributed by atoms with E-state index in [4.69, 9.17) is 4.74 Å². The summed E-state index contributed by atoms with van der Waals surface area (Å²) in [5.74, 6) is 0.0670. The number of amides is 1. The van der Waals surface area contributed by atoms with Crippen molar-refractivity contribution >= 4 is 31.9 Å². The molecule has 1 amide bonds. The van der Waals surface area contributed by atoms with Crippen LogP contribution < -0.4 is 5.32 Å². The first kappa shape index (κ1) is 22.2. The molecule has 0 aromatic heterocycles. The summed E-state index contributed by atoms with van der Waals surface area (Å²) >= 11 is 3.32. The molecule has 1 unspecified atom stereocenters. The summed E-state index contributed by atoms with van der Waals surface area (Å²) in [6.07, 6.45) is 2.63. The van der Waals surface area contributed by atoms with Crippen molar-refractivity contribution in [2.45, 2.75) is 56.6 Å². The first-order chi connectivity index (χ1) is 12.6. The number of alkyl carbamates (subject to hydrolysis) is 1. The monoisotopic (exact) mass is 460 g/mol. The zero-order valence-electron chi connectivity index (χ0n) is 16.2. The number of rotatable bonds is 6. The van der Waals surface area contributed by atoms with Gasteiger partial charge in [0, 0.05) is 23.6 Å². The van der Waals surface area contributed by atoms with Crippen molar-refractivity contribution in [2.75, 3.05) is 25.4 Å². The van der Waals surface area contributed by atoms with E-state index in [1.807, 2.05) is 20.8 Å². The molecule has 6 nitrogen and oxygen atoms in total. The Balaban J connectivity index is 1.91. The summed E-state index contributed by atoms with van der Waals surface area (Å²) in [7, 11) is -3.33. The van der Waals surface area contributed by atoms with Gasteiger partial charge in [-0.2, -0.15) is 0 Å². The van der Waals surface area contributed by atoms with Crippen LogP contribution in [-0.4, -0.2) is 56.4 Å². The van der Waals surface area contributed by atoms with Gasteiger partial charge in [0.05, 0.1) is 10.6 Å². The van der Waals surface area contributed by atoms with Gasteiger partial charge in [0.2, 0.25) is 0 Å². The molecule has 27 heavy (non-hydrogen) atoms. The quantitative estimate of drug-likeness (QED) is 0.701. The number of carbonyl (C=O) groups excluding carboxylic acids is 1. The van der Waals surface area contributed by atoms with Crippen molar-refractivity contribution < 1.29 is 17.9 Å². The first-order valence-corrected chi connectivity index (χ1v) is 11.7. The molecule has 1 aliphatic rings. The zero-order valence-corrected chi connectivity index (χ0v) is 18.6. The number of benzene rings is 1. The van der Waals surface area contributed by atoms with E-state index < -0.39 is 21.5 Å². The molecule has 152 valence electrons. The Morgan fingerprint density at radius 1 is 1.26 bits per heavy atom. The topological polar surface area (TPSA) is 75.7 Å². The SMILES string of the molecule is CC(C)(C)OC(=O)NCC1CCCCN1CCS(=O)(=O)c1ccc(Br)cc1. The summed E-state index contributed by atoms with van der Waals surface area (Å²) in [4.78, 5) is 14.4. The maximum Gasteiger partial charge on any atom is 0.407 e. The second kappa shape index (κ2) is 9.39. The molecule has 0 aliphatic carbocycles. The highest BCUT2D eigenvalue weighted by molar-refractivity contribution is 9.10. The lowest BCUT2D eigenvalue weighted by atomic mass is 10.0. The van der Waals surface area contributed by atoms with Crippen molar-refractivity contribution in [3.05, 3.63) is 28.7 Å². The molecular weight excluding hydrogens is 432 g/mol. The number of nitrogens with zero attached hydrogens (tertiary/aromatic N) is 1. The number of nitrogens with one attached hydrogen (secondary N) is 1. The third-order valence-corrected chi connectivity index (χ3v) is 6.69. The average molecular weight is 461 g/mol. The summed E-state index contributed by atoms with van der Waals surface area (Å²) in [5.41, 5.74) is -0.533. The Labute approximate surface area is 170 Å². The Morgan fingerprint density at radius 2 is 1.93 bits per heavy atom. The normalized spacial score (nSPS) is 18.9. The van der Waals surface area contributed by atoms with E-state index in [1.165, 1.54) is 0 Å². The Hall–Kier alpha value is -1.12. The van der Waals surface area contributed by atoms with Crippen LogP contribution in [0.5, 0.6) is 0 Å². The fourth-order valence-corrected chi connectivity index (χ4v) is 4.62. The van der Waals surface area contributed by atoms with Gasteiger partial charge in [0.25, 0.3) is 0 Å². The third kappa shape index (κ3) is 7.43. The average Bonchev–Trinajstić information content (AvgIpc) is 2.58. The van der Waals surface area contributed by atoms with E-state index in [9.17, 15) is 13.2 Å². The van der Waals surface area contributed by atoms with Gasteiger partial charge in [-0.3, -0.25) is 4.90 Å². The Morgan fingerprint density at radius 3 is 2.56 bits per heavy atom. The molecule has 8 heteroatoms. The van der Waals surface area contributed by atoms with Gasteiger partial charge in [-0.25, -0.2) is 13.2 Å². The van der Waals surface area contributed by atoms with Crippen LogP contribution in [0.1, 0.15) is 40.0 Å². The Kier molecular flexibility index (Phi) is 7.71. The molecule has 1 saturated heterocycles. The van der Waals surface area contributed by atoms with Gasteiger partial charge in [0.15, 0.2) is 9.84 Å². The molecule has 0 spiro atoms. The number of halogens is 1. The van der Waals surface area contributed by atoms with Gasteiger partial charge in [0.1, 0.15) is 5.60 Å². The molecule has 1 fully saturated rings. The lowest BCUT2D eigenvalue weighted by Gasteiger charge is -2.35. The molecule has 1 aromatic rings. The number of ether oxygens (including phenoxy) is 1. The van der Waals surface area contributed by atoms with Gasteiger partial charge < -0.3 is 10.1 Å². The molecule has 1 aliphatic heterocycles. The van der Waals surface area contributed by atoms with Crippen LogP contribution in [0.4, 0.5) is 4.79 Å². The third-order valence-electron chi connectivity index (χ3n) is 4.45. The minimum absolute atomic E-state index is 0.0670. The fourth-order valence-electron chi connectivity index (χ4n) is 3.10. The maximum absolute atomic E-state index is 12.6. The van der Waals surface area contributed by atoms with Crippen LogP contribution in [0.15, 0.2) is 33.6 Å². The van der Waals surface area contributed by atoms with E-state index in [2.05, 4.69) is 26.1 Å². The van der Waals surface area contributed by atoms with Crippen molar-refractivity contribution in [3.8, 4) is 0 Å². The smallest absolute Gasteiger partial charge is 0.407 e. The second-order valence-corrected chi connectivity index (χ2v) is 10.9. The zero-order chi connectivity index (χ0) is 20.1. The van der Waals surface area contributed by atoms with Crippen molar-refractivity contribution in [3.63, 3.8) is 0 Å². The van der Waals surface area contributed by atoms with Gasteiger partial charge >= 0.3 is 6.09 Å². The molecule has 0 saturated carbocycles. The van der Waals surface area contributed by atoms with Crippen LogP contribution in [0.2, 0.25) is 0 Å². The van der Waals surface area contributed by atoms with Crippen molar-refractivity contribution in [1.29, 1.82) is 0 Å². The number of piperidine rings is 1. The minimum atomic E-state index is -3.33. The largest absolute Gasteiger partial charge is 0.444 e. The van der Waals surface area contributed by atoms with Gasteiger partial charge in [-0.1, -0.05) is 22.4 Å². The minimum Gasteiger partial charge on any atom is -0.444 e. The summed E-state index contributed by atoms with van der Waals surface area (Å²) < 4.78 is 31.3. The van der Waals surface area contributed by atoms with E-state index in [1.54, 1.807) is 24.3 Å². The number of hydrogen-bond acceptors (Lipinski definition) is 5. The van der Waals surface area contributed by atoms with Crippen LogP contribution in [0.3, 0.4) is 0 Å². The van der Waals surface area contributed by atoms with Crippen molar-refractivity contribution in [1.82, 2.24) is 10.2 Å². The highest BCUT2D eigenvalue weighted by atomic mass is 79.9. The summed E-state index contributed by atoms with van der Waals surface area (Å²) in [5, 5.41) is 2.82. The lowest BCUT2D eigenvalue weighted by Crippen LogP contribution is -2.48.